The van der Waals surface area contributed by atoms with E-state index in [1.807, 2.05) is 30.3 Å². The second kappa shape index (κ2) is 3.40. The molecule has 0 bridgehead atoms. The summed E-state index contributed by atoms with van der Waals surface area (Å²) in [5.74, 6) is 0.716. The minimum Gasteiger partial charge on any atom is -0.454 e. The van der Waals surface area contributed by atoms with Gasteiger partial charge < -0.3 is 9.40 Å². The van der Waals surface area contributed by atoms with Crippen molar-refractivity contribution in [3.63, 3.8) is 0 Å². The number of nitrogens with zero attached hydrogens (tertiary/aromatic N) is 3. The summed E-state index contributed by atoms with van der Waals surface area (Å²) < 4.78 is 5.79. The highest BCUT2D eigenvalue weighted by Gasteiger charge is 2.12. The topological polar surface area (TPSA) is 67.6 Å². The molecule has 0 saturated carbocycles. The number of para-hydroxylation sites is 1. The average Bonchev–Trinajstić information content (AvgIpc) is 3.04. The molecule has 0 radical (unpaired) electrons. The van der Waals surface area contributed by atoms with Crippen LogP contribution in [-0.4, -0.2) is 19.9 Å². The van der Waals surface area contributed by atoms with Gasteiger partial charge in [0.05, 0.1) is 6.33 Å². The molecule has 4 rings (SSSR count). The number of nitrogens with one attached hydrogen (secondary N) is 1. The quantitative estimate of drug-likeness (QED) is 0.551. The molecule has 3 aromatic heterocycles. The molecule has 86 valence electrons. The summed E-state index contributed by atoms with van der Waals surface area (Å²) >= 11 is 0. The molecule has 0 unspecified atom stereocenters. The molecular formula is C13H8N4O. The fourth-order valence-corrected chi connectivity index (χ4v) is 2.05. The molecule has 0 spiro atoms. The highest BCUT2D eigenvalue weighted by Crippen LogP contribution is 2.29. The lowest BCUT2D eigenvalue weighted by Gasteiger charge is -1.95. The number of hydrogen-bond acceptors (Lipinski definition) is 4. The summed E-state index contributed by atoms with van der Waals surface area (Å²) in [6.45, 7) is 0. The highest BCUT2D eigenvalue weighted by atomic mass is 16.3. The Bertz CT molecular complexity index is 813. The van der Waals surface area contributed by atoms with Crippen LogP contribution in [0.3, 0.4) is 0 Å². The minimum absolute atomic E-state index is 0.639. The van der Waals surface area contributed by atoms with Crippen LogP contribution in [-0.2, 0) is 0 Å². The van der Waals surface area contributed by atoms with Gasteiger partial charge in [-0.05, 0) is 12.1 Å². The van der Waals surface area contributed by atoms with Gasteiger partial charge in [0.15, 0.2) is 11.4 Å². The first-order valence-corrected chi connectivity index (χ1v) is 5.55. The molecular weight excluding hydrogens is 228 g/mol. The van der Waals surface area contributed by atoms with E-state index < -0.39 is 0 Å². The Labute approximate surface area is 102 Å². The molecule has 3 heterocycles. The lowest BCUT2D eigenvalue weighted by Crippen LogP contribution is -1.86. The van der Waals surface area contributed by atoms with Gasteiger partial charge in [-0.15, -0.1) is 0 Å². The van der Waals surface area contributed by atoms with E-state index in [4.69, 9.17) is 4.42 Å². The zero-order valence-corrected chi connectivity index (χ0v) is 9.29. The molecule has 0 fully saturated rings. The molecule has 4 aromatic rings. The number of imidazole rings is 1. The van der Waals surface area contributed by atoms with E-state index in [-0.39, 0.29) is 0 Å². The van der Waals surface area contributed by atoms with Crippen LogP contribution in [0.5, 0.6) is 0 Å². The van der Waals surface area contributed by atoms with E-state index in [0.29, 0.717) is 11.4 Å². The highest BCUT2D eigenvalue weighted by molar-refractivity contribution is 5.89. The molecule has 0 aliphatic heterocycles. The van der Waals surface area contributed by atoms with Crippen molar-refractivity contribution in [2.24, 2.45) is 0 Å². The van der Waals surface area contributed by atoms with Crippen LogP contribution in [0.15, 0.2) is 47.4 Å². The van der Waals surface area contributed by atoms with E-state index in [2.05, 4.69) is 19.9 Å². The van der Waals surface area contributed by atoms with Gasteiger partial charge in [0.25, 0.3) is 0 Å². The van der Waals surface area contributed by atoms with Gasteiger partial charge in [0.2, 0.25) is 0 Å². The first-order chi connectivity index (χ1) is 8.92. The largest absolute Gasteiger partial charge is 0.454 e. The van der Waals surface area contributed by atoms with Crippen LogP contribution >= 0.6 is 0 Å². The first-order valence-electron chi connectivity index (χ1n) is 5.55. The molecule has 1 N–H and O–H groups in total. The molecule has 5 nitrogen and oxygen atoms in total. The number of aromatic amines is 1. The fourth-order valence-electron chi connectivity index (χ4n) is 2.05. The van der Waals surface area contributed by atoms with Crippen LogP contribution < -0.4 is 0 Å². The molecule has 0 saturated heterocycles. The maximum absolute atomic E-state index is 5.79. The molecule has 5 heteroatoms. The van der Waals surface area contributed by atoms with Gasteiger partial charge in [-0.25, -0.2) is 15.0 Å². The molecule has 0 aliphatic rings. The summed E-state index contributed by atoms with van der Waals surface area (Å²) in [7, 11) is 0. The van der Waals surface area contributed by atoms with E-state index in [9.17, 15) is 0 Å². The maximum Gasteiger partial charge on any atom is 0.181 e. The maximum atomic E-state index is 5.79. The van der Waals surface area contributed by atoms with Crippen molar-refractivity contribution in [1.82, 2.24) is 19.9 Å². The Morgan fingerprint density at radius 1 is 1.06 bits per heavy atom. The van der Waals surface area contributed by atoms with E-state index in [0.717, 1.165) is 22.2 Å². The van der Waals surface area contributed by atoms with Crippen molar-refractivity contribution in [3.05, 3.63) is 43.0 Å². The van der Waals surface area contributed by atoms with Crippen LogP contribution in [0.1, 0.15) is 0 Å². The summed E-state index contributed by atoms with van der Waals surface area (Å²) in [6.07, 6.45) is 3.09. The number of hydrogen-bond donors (Lipinski definition) is 1. The summed E-state index contributed by atoms with van der Waals surface area (Å²) in [5, 5.41) is 1.05. The number of fused-ring (bicyclic) bond motifs is 2. The Kier molecular flexibility index (Phi) is 1.77. The van der Waals surface area contributed by atoms with Gasteiger partial charge >= 0.3 is 0 Å². The van der Waals surface area contributed by atoms with Crippen molar-refractivity contribution >= 4 is 22.1 Å². The van der Waals surface area contributed by atoms with Gasteiger partial charge in [-0.2, -0.15) is 0 Å². The van der Waals surface area contributed by atoms with Gasteiger partial charge in [0.1, 0.15) is 23.1 Å². The molecule has 0 aliphatic carbocycles. The average molecular weight is 236 g/mol. The third kappa shape index (κ3) is 1.24. The third-order valence-corrected chi connectivity index (χ3v) is 2.88. The predicted molar refractivity (Wildman–Crippen MR) is 66.9 cm³/mol. The number of rotatable bonds is 1. The van der Waals surface area contributed by atoms with Gasteiger partial charge in [-0.1, -0.05) is 18.2 Å². The molecule has 0 amide bonds. The number of H-pyrrole nitrogens is 1. The Balaban J connectivity index is 2.04. The second-order valence-electron chi connectivity index (χ2n) is 3.97. The Morgan fingerprint density at radius 2 is 2.00 bits per heavy atom. The van der Waals surface area contributed by atoms with E-state index in [1.165, 1.54) is 6.33 Å². The number of furan rings is 1. The lowest BCUT2D eigenvalue weighted by molar-refractivity contribution is 0.629. The standard InChI is InChI=1S/C13H8N4O/c1-2-4-9-8(3-1)5-10(18-9)11-12-13(16-6-14-11)17-7-15-12/h1-7H,(H,14,15,16,17). The van der Waals surface area contributed by atoms with Gasteiger partial charge in [0, 0.05) is 5.39 Å². The summed E-state index contributed by atoms with van der Waals surface area (Å²) in [4.78, 5) is 15.5. The lowest BCUT2D eigenvalue weighted by atomic mass is 10.2. The zero-order valence-electron chi connectivity index (χ0n) is 9.29. The third-order valence-electron chi connectivity index (χ3n) is 2.88. The van der Waals surface area contributed by atoms with Gasteiger partial charge in [-0.3, -0.25) is 0 Å². The summed E-state index contributed by atoms with van der Waals surface area (Å²) in [6, 6.07) is 9.84. The SMILES string of the molecule is c1ccc2oc(-c3ncnc4nc[nH]c34)cc2c1. The minimum atomic E-state index is 0.639. The number of benzene rings is 1. The van der Waals surface area contributed by atoms with Crippen molar-refractivity contribution in [2.45, 2.75) is 0 Å². The van der Waals surface area contributed by atoms with E-state index >= 15 is 0 Å². The first kappa shape index (κ1) is 9.35. The van der Waals surface area contributed by atoms with Crippen LogP contribution in [0, 0.1) is 0 Å². The monoisotopic (exact) mass is 236 g/mol. The van der Waals surface area contributed by atoms with Crippen molar-refractivity contribution in [2.75, 3.05) is 0 Å². The van der Waals surface area contributed by atoms with Crippen molar-refractivity contribution in [1.29, 1.82) is 0 Å². The van der Waals surface area contributed by atoms with E-state index in [1.54, 1.807) is 6.33 Å². The van der Waals surface area contributed by atoms with Crippen molar-refractivity contribution in [3.8, 4) is 11.5 Å². The zero-order chi connectivity index (χ0) is 11.9. The normalized spacial score (nSPS) is 11.3. The molecule has 0 atom stereocenters. The Morgan fingerprint density at radius 3 is 2.94 bits per heavy atom. The Hall–Kier alpha value is -2.69. The van der Waals surface area contributed by atoms with Crippen LogP contribution in [0.2, 0.25) is 0 Å². The predicted octanol–water partition coefficient (Wildman–Crippen LogP) is 2.77. The number of aromatic nitrogens is 4. The smallest absolute Gasteiger partial charge is 0.181 e. The molecule has 1 aromatic carbocycles. The van der Waals surface area contributed by atoms with Crippen molar-refractivity contribution < 1.29 is 4.42 Å². The summed E-state index contributed by atoms with van der Waals surface area (Å²) in [5.41, 5.74) is 3.00. The molecule has 18 heavy (non-hydrogen) atoms. The second-order valence-corrected chi connectivity index (χ2v) is 3.97. The van der Waals surface area contributed by atoms with Crippen LogP contribution in [0.25, 0.3) is 33.6 Å². The fraction of sp³-hybridized carbons (Fsp3) is 0. The van der Waals surface area contributed by atoms with Crippen LogP contribution in [0.4, 0.5) is 0 Å².